The Morgan fingerprint density at radius 3 is 2.16 bits per heavy atom. The molecule has 18 atom stereocenters. The molecule has 3 aliphatic heterocycles. The standard InChI is InChI=1S/C57H91N3O19/c1-16-42-57(11,69)49(65)33(5)45(62)31(3)28-55(9,70-14)50(79-54-47(64)41(59(12)13)26-32(4)74-54)34(6)48(35(7)53(68)76-42)78-44-29-56(10,71-15)51(36(8)75-44)77-43(61)20-21-58-22-23-72-24-25-73-37-18-19-40-38(27-37)46(63)39(52(66)67)30-60(40)17-2/h18-19,27,30-36,41-42,44,47-51,54,58,64-65,69H,16-17,20-26,28-29H2,1-15H3,(H,66,67)/t31-,32+,33+,34+,35-,36+,41-,42-,44+,47+,48+,49-,50-,51+,54-,55-,56-,57-/m1/s1. The highest BCUT2D eigenvalue weighted by Gasteiger charge is 2.55. The molecule has 79 heavy (non-hydrogen) atoms. The zero-order valence-electron chi connectivity index (χ0n) is 49.1. The molecule has 0 unspecified atom stereocenters. The summed E-state index contributed by atoms with van der Waals surface area (Å²) in [6, 6.07) is 4.62. The van der Waals surface area contributed by atoms with Crippen molar-refractivity contribution < 1.29 is 87.0 Å². The van der Waals surface area contributed by atoms with Crippen LogP contribution in [0.1, 0.15) is 119 Å². The van der Waals surface area contributed by atoms with Crippen LogP contribution in [0.3, 0.4) is 0 Å². The number of methoxy groups -OCH3 is 2. The fraction of sp³-hybridized carbons (Fsp3) is 0.772. The molecule has 1 aromatic heterocycles. The number of ether oxygens (including phenoxy) is 10. The van der Waals surface area contributed by atoms with E-state index in [0.717, 1.165) is 0 Å². The smallest absolute Gasteiger partial charge is 0.341 e. The molecule has 0 aliphatic carbocycles. The number of likely N-dealkylation sites (N-methyl/N-ethyl adjacent to an activating group) is 1. The minimum absolute atomic E-state index is 0.00941. The number of nitrogens with one attached hydrogen (secondary N) is 1. The lowest BCUT2D eigenvalue weighted by Crippen LogP contribution is -2.61. The van der Waals surface area contributed by atoms with E-state index < -0.39 is 119 Å². The summed E-state index contributed by atoms with van der Waals surface area (Å²) in [5.41, 5.74) is -4.83. The van der Waals surface area contributed by atoms with Gasteiger partial charge in [0.25, 0.3) is 0 Å². The summed E-state index contributed by atoms with van der Waals surface area (Å²) in [6.07, 6.45) is -8.30. The van der Waals surface area contributed by atoms with Crippen molar-refractivity contribution in [2.75, 3.05) is 61.2 Å². The number of aryl methyl sites for hydroxylation is 1. The van der Waals surface area contributed by atoms with E-state index in [1.54, 1.807) is 58.2 Å². The first-order chi connectivity index (χ1) is 37.1. The van der Waals surface area contributed by atoms with Gasteiger partial charge in [0, 0.05) is 70.3 Å². The van der Waals surface area contributed by atoms with Crippen molar-refractivity contribution in [2.45, 2.75) is 199 Å². The molecule has 22 heteroatoms. The van der Waals surface area contributed by atoms with Gasteiger partial charge in [0.05, 0.1) is 72.6 Å². The van der Waals surface area contributed by atoms with E-state index in [9.17, 15) is 44.4 Å². The third-order valence-corrected chi connectivity index (χ3v) is 16.5. The van der Waals surface area contributed by atoms with E-state index in [1.165, 1.54) is 40.3 Å². The highest BCUT2D eigenvalue weighted by molar-refractivity contribution is 5.93. The predicted octanol–water partition coefficient (Wildman–Crippen LogP) is 4.10. The molecule has 2 aromatic rings. The maximum absolute atomic E-state index is 14.6. The summed E-state index contributed by atoms with van der Waals surface area (Å²) >= 11 is 0. The zero-order valence-corrected chi connectivity index (χ0v) is 49.1. The van der Waals surface area contributed by atoms with Crippen molar-refractivity contribution in [3.05, 3.63) is 40.2 Å². The molecular formula is C57H91N3O19. The molecule has 4 heterocycles. The molecule has 0 amide bonds. The summed E-state index contributed by atoms with van der Waals surface area (Å²) in [5.74, 6) is -6.26. The number of cyclic esters (lactones) is 1. The van der Waals surface area contributed by atoms with E-state index in [0.29, 0.717) is 37.4 Å². The van der Waals surface area contributed by atoms with Crippen LogP contribution in [0.2, 0.25) is 0 Å². The van der Waals surface area contributed by atoms with Crippen LogP contribution < -0.4 is 15.5 Å². The maximum atomic E-state index is 14.6. The number of esters is 2. The number of aliphatic hydroxyl groups is 3. The SMILES string of the molecule is CC[C@H]1OC(=O)[C@H](C)[C@@H](O[C@H]2C[C@@](C)(OC)[C@@H](OC(=O)CCNCCOCCOc3ccc4c(c3)c(=O)c(C(=O)O)cn4CC)[C@H](C)O2)[C@H](C)[C@@H](O[C@H]2O[C@@H](C)C[C@@H](N(C)C)[C@@H]2O)[C@](C)(OC)C[C@@H](C)C(=O)[C@H](C)[C@@H](O)[C@]1(C)O. The number of aliphatic hydroxyl groups excluding tert-OH is 2. The number of Topliss-reactive ketones (excluding diaryl/α,β-unsaturated/α-hetero) is 1. The van der Waals surface area contributed by atoms with Crippen LogP contribution in [-0.4, -0.2) is 199 Å². The molecule has 0 saturated carbocycles. The van der Waals surface area contributed by atoms with Crippen molar-refractivity contribution >= 4 is 34.6 Å². The maximum Gasteiger partial charge on any atom is 0.341 e. The second-order valence-electron chi connectivity index (χ2n) is 22.7. The largest absolute Gasteiger partial charge is 0.491 e. The van der Waals surface area contributed by atoms with E-state index in [1.807, 2.05) is 39.8 Å². The minimum Gasteiger partial charge on any atom is -0.491 e. The summed E-state index contributed by atoms with van der Waals surface area (Å²) in [5, 5.41) is 48.2. The molecule has 3 fully saturated rings. The van der Waals surface area contributed by atoms with Gasteiger partial charge in [-0.1, -0.05) is 27.7 Å². The first-order valence-electron chi connectivity index (χ1n) is 27.8. The van der Waals surface area contributed by atoms with Crippen LogP contribution in [0.4, 0.5) is 0 Å². The van der Waals surface area contributed by atoms with Gasteiger partial charge in [0.15, 0.2) is 18.7 Å². The van der Waals surface area contributed by atoms with Crippen molar-refractivity contribution in [3.63, 3.8) is 0 Å². The van der Waals surface area contributed by atoms with Gasteiger partial charge in [-0.15, -0.1) is 0 Å². The number of aromatic carboxylic acids is 1. The van der Waals surface area contributed by atoms with Gasteiger partial charge in [-0.05, 0) is 100 Å². The third-order valence-electron chi connectivity index (χ3n) is 16.5. The second-order valence-corrected chi connectivity index (χ2v) is 22.7. The molecule has 3 aliphatic rings. The van der Waals surface area contributed by atoms with Gasteiger partial charge in [-0.2, -0.15) is 0 Å². The molecule has 0 radical (unpaired) electrons. The average Bonchev–Trinajstić information content (AvgIpc) is 3.46. The number of carboxylic acids is 1. The van der Waals surface area contributed by atoms with Crippen LogP contribution in [0.5, 0.6) is 5.75 Å². The summed E-state index contributed by atoms with van der Waals surface area (Å²) in [4.78, 5) is 68.6. The molecule has 22 nitrogen and oxygen atoms in total. The topological polar surface area (TPSA) is 279 Å². The monoisotopic (exact) mass is 1120 g/mol. The molecule has 5 N–H and O–H groups in total. The van der Waals surface area contributed by atoms with E-state index in [2.05, 4.69) is 5.32 Å². The highest BCUT2D eigenvalue weighted by Crippen LogP contribution is 2.42. The van der Waals surface area contributed by atoms with Crippen molar-refractivity contribution in [1.29, 1.82) is 0 Å². The average molecular weight is 1120 g/mol. The number of ketones is 1. The van der Waals surface area contributed by atoms with Crippen molar-refractivity contribution in [1.82, 2.24) is 14.8 Å². The number of carbonyl (C=O) groups is 4. The molecule has 5 rings (SSSR count). The number of carboxylic acid groups (broad SMARTS) is 1. The van der Waals surface area contributed by atoms with Gasteiger partial charge >= 0.3 is 17.9 Å². The second kappa shape index (κ2) is 28.2. The Labute approximate surface area is 464 Å². The number of nitrogens with zero attached hydrogens (tertiary/aromatic N) is 2. The lowest BCUT2D eigenvalue weighted by Gasteiger charge is -2.50. The van der Waals surface area contributed by atoms with Crippen LogP contribution in [-0.2, 0) is 63.6 Å². The first kappa shape index (κ1) is 65.6. The van der Waals surface area contributed by atoms with Gasteiger partial charge in [0.1, 0.15) is 47.1 Å². The number of benzene rings is 1. The number of rotatable bonds is 21. The van der Waals surface area contributed by atoms with Gasteiger partial charge in [0.2, 0.25) is 5.43 Å². The Kier molecular flexibility index (Phi) is 23.4. The Balaban J connectivity index is 1.27. The summed E-state index contributed by atoms with van der Waals surface area (Å²) in [6.45, 7) is 20.7. The molecule has 0 bridgehead atoms. The quantitative estimate of drug-likeness (QED) is 0.0869. The minimum atomic E-state index is -2.03. The normalized spacial score (nSPS) is 36.2. The summed E-state index contributed by atoms with van der Waals surface area (Å²) < 4.78 is 64.4. The number of hydrogen-bond donors (Lipinski definition) is 5. The van der Waals surface area contributed by atoms with Crippen LogP contribution in [0.15, 0.2) is 29.2 Å². The lowest BCUT2D eigenvalue weighted by atomic mass is 9.74. The number of pyridine rings is 1. The molecular weight excluding hydrogens is 1030 g/mol. The van der Waals surface area contributed by atoms with Crippen LogP contribution in [0, 0.1) is 23.7 Å². The number of fused-ring (bicyclic) bond motifs is 1. The highest BCUT2D eigenvalue weighted by atomic mass is 16.7. The predicted molar refractivity (Wildman–Crippen MR) is 290 cm³/mol. The summed E-state index contributed by atoms with van der Waals surface area (Å²) in [7, 11) is 6.71. The fourth-order valence-electron chi connectivity index (χ4n) is 11.7. The number of hydrogen-bond acceptors (Lipinski definition) is 20. The Bertz CT molecular complexity index is 2420. The van der Waals surface area contributed by atoms with Crippen molar-refractivity contribution in [3.8, 4) is 5.75 Å². The number of carbonyl (C=O) groups excluding carboxylic acids is 3. The fourth-order valence-corrected chi connectivity index (χ4v) is 11.7. The molecule has 3 saturated heterocycles. The third kappa shape index (κ3) is 15.5. The van der Waals surface area contributed by atoms with Gasteiger partial charge in [-0.25, -0.2) is 4.79 Å². The zero-order chi connectivity index (χ0) is 58.9. The number of aromatic nitrogens is 1. The van der Waals surface area contributed by atoms with Crippen LogP contribution in [0.25, 0.3) is 10.9 Å². The van der Waals surface area contributed by atoms with Gasteiger partial charge in [-0.3, -0.25) is 19.2 Å². The molecule has 1 aromatic carbocycles. The Morgan fingerprint density at radius 2 is 1.54 bits per heavy atom. The Hall–Kier alpha value is -4.17. The van der Waals surface area contributed by atoms with E-state index in [-0.39, 0.29) is 74.3 Å². The van der Waals surface area contributed by atoms with Crippen LogP contribution >= 0.6 is 0 Å². The first-order valence-corrected chi connectivity index (χ1v) is 27.8. The van der Waals surface area contributed by atoms with Crippen molar-refractivity contribution in [2.24, 2.45) is 23.7 Å². The van der Waals surface area contributed by atoms with Gasteiger partial charge < -0.3 is 82.6 Å². The molecule has 448 valence electrons. The molecule has 0 spiro atoms. The Morgan fingerprint density at radius 1 is 0.873 bits per heavy atom. The lowest BCUT2D eigenvalue weighted by molar-refractivity contribution is -0.320. The van der Waals surface area contributed by atoms with E-state index >= 15 is 0 Å². The van der Waals surface area contributed by atoms with E-state index in [4.69, 9.17) is 47.4 Å².